The smallest absolute Gasteiger partial charge is 0.309 e. The highest BCUT2D eigenvalue weighted by atomic mass is 19.1. The number of pyridine rings is 2. The van der Waals surface area contributed by atoms with Crippen LogP contribution in [0.3, 0.4) is 0 Å². The molecule has 0 saturated heterocycles. The van der Waals surface area contributed by atoms with Crippen LogP contribution in [0.4, 0.5) is 10.3 Å². The number of hydrogen-bond acceptors (Lipinski definition) is 7. The first-order chi connectivity index (χ1) is 16.2. The molecule has 0 aromatic carbocycles. The van der Waals surface area contributed by atoms with E-state index in [0.29, 0.717) is 30.3 Å². The number of rotatable bonds is 5. The summed E-state index contributed by atoms with van der Waals surface area (Å²) in [6.45, 7) is 5.60. The SMILES string of the molecule is CC(C)(C)OC(=O)[C@H]1CC[C@H](Nc2ncc(F)c(-c3cccc(-n4ccccc4=O)n3)n2)CC1. The normalized spacial score (nSPS) is 18.4. The summed E-state index contributed by atoms with van der Waals surface area (Å²) in [5.74, 6) is -0.216. The summed E-state index contributed by atoms with van der Waals surface area (Å²) in [7, 11) is 0. The second kappa shape index (κ2) is 9.70. The molecule has 34 heavy (non-hydrogen) atoms. The Labute approximate surface area is 197 Å². The number of esters is 1. The maximum absolute atomic E-state index is 14.6. The van der Waals surface area contributed by atoms with E-state index in [9.17, 15) is 14.0 Å². The zero-order valence-electron chi connectivity index (χ0n) is 19.5. The maximum Gasteiger partial charge on any atom is 0.309 e. The van der Waals surface area contributed by atoms with E-state index in [-0.39, 0.29) is 29.2 Å². The summed E-state index contributed by atoms with van der Waals surface area (Å²) < 4.78 is 21.5. The Bertz CT molecular complexity index is 1230. The number of hydrogen-bond donors (Lipinski definition) is 1. The van der Waals surface area contributed by atoms with E-state index in [4.69, 9.17) is 4.74 Å². The van der Waals surface area contributed by atoms with E-state index in [1.807, 2.05) is 20.8 Å². The van der Waals surface area contributed by atoms with Crippen molar-refractivity contribution in [2.24, 2.45) is 5.92 Å². The predicted octanol–water partition coefficient (Wildman–Crippen LogP) is 4.14. The molecule has 0 bridgehead atoms. The molecule has 0 radical (unpaired) electrons. The molecule has 1 fully saturated rings. The topological polar surface area (TPSA) is 99.0 Å². The number of carbonyl (C=O) groups excluding carboxylic acids is 1. The average Bonchev–Trinajstić information content (AvgIpc) is 2.80. The summed E-state index contributed by atoms with van der Waals surface area (Å²) in [4.78, 5) is 37.3. The van der Waals surface area contributed by atoms with Gasteiger partial charge in [-0.15, -0.1) is 0 Å². The summed E-state index contributed by atoms with van der Waals surface area (Å²) >= 11 is 0. The third-order valence-corrected chi connectivity index (χ3v) is 5.59. The number of nitrogens with zero attached hydrogens (tertiary/aromatic N) is 4. The molecule has 0 aliphatic heterocycles. The zero-order chi connectivity index (χ0) is 24.3. The second-order valence-electron chi connectivity index (χ2n) is 9.41. The number of aromatic nitrogens is 4. The van der Waals surface area contributed by atoms with Crippen molar-refractivity contribution in [1.29, 1.82) is 0 Å². The molecule has 0 unspecified atom stereocenters. The zero-order valence-corrected chi connectivity index (χ0v) is 19.5. The van der Waals surface area contributed by atoms with Gasteiger partial charge >= 0.3 is 5.97 Å². The number of halogens is 1. The van der Waals surface area contributed by atoms with Gasteiger partial charge in [0.2, 0.25) is 5.95 Å². The molecule has 3 aromatic heterocycles. The largest absolute Gasteiger partial charge is 0.460 e. The van der Waals surface area contributed by atoms with Crippen LogP contribution < -0.4 is 10.9 Å². The van der Waals surface area contributed by atoms with Crippen LogP contribution in [-0.4, -0.2) is 37.1 Å². The second-order valence-corrected chi connectivity index (χ2v) is 9.41. The Hall–Kier alpha value is -3.62. The minimum absolute atomic E-state index is 0.0470. The monoisotopic (exact) mass is 465 g/mol. The van der Waals surface area contributed by atoms with Crippen molar-refractivity contribution in [2.75, 3.05) is 5.32 Å². The van der Waals surface area contributed by atoms with E-state index in [1.54, 1.807) is 36.5 Å². The van der Waals surface area contributed by atoms with Gasteiger partial charge in [-0.1, -0.05) is 12.1 Å². The van der Waals surface area contributed by atoms with Gasteiger partial charge in [-0.25, -0.2) is 19.3 Å². The average molecular weight is 466 g/mol. The molecule has 1 aliphatic rings. The van der Waals surface area contributed by atoms with Gasteiger partial charge in [0.05, 0.1) is 17.8 Å². The molecule has 8 nitrogen and oxygen atoms in total. The molecule has 3 aromatic rings. The molecule has 1 saturated carbocycles. The Kier molecular flexibility index (Phi) is 6.72. The lowest BCUT2D eigenvalue weighted by molar-refractivity contribution is -0.161. The molecule has 178 valence electrons. The standard InChI is InChI=1S/C25H28FN5O3/c1-25(2,3)34-23(33)16-10-12-17(13-11-16)28-24-27-15-18(26)22(30-24)19-7-6-8-20(29-19)31-14-5-4-9-21(31)32/h4-9,14-17H,10-13H2,1-3H3,(H,27,28,30)/t16-,17-. The van der Waals surface area contributed by atoms with Crippen LogP contribution in [0, 0.1) is 11.7 Å². The Morgan fingerprint density at radius 3 is 2.56 bits per heavy atom. The van der Waals surface area contributed by atoms with Crippen molar-refractivity contribution < 1.29 is 13.9 Å². The van der Waals surface area contributed by atoms with Gasteiger partial charge in [-0.3, -0.25) is 14.2 Å². The maximum atomic E-state index is 14.6. The fourth-order valence-corrected chi connectivity index (χ4v) is 3.96. The predicted molar refractivity (Wildman–Crippen MR) is 126 cm³/mol. The van der Waals surface area contributed by atoms with Gasteiger partial charge < -0.3 is 10.1 Å². The lowest BCUT2D eigenvalue weighted by Crippen LogP contribution is -2.34. The van der Waals surface area contributed by atoms with Crippen molar-refractivity contribution in [1.82, 2.24) is 19.5 Å². The molecule has 0 spiro atoms. The van der Waals surface area contributed by atoms with Crippen LogP contribution in [0.15, 0.2) is 53.6 Å². The lowest BCUT2D eigenvalue weighted by Gasteiger charge is -2.30. The lowest BCUT2D eigenvalue weighted by atomic mass is 9.86. The molecule has 4 rings (SSSR count). The van der Waals surface area contributed by atoms with Crippen molar-refractivity contribution >= 4 is 11.9 Å². The first-order valence-corrected chi connectivity index (χ1v) is 11.4. The summed E-state index contributed by atoms with van der Waals surface area (Å²) in [6, 6.07) is 9.87. The Morgan fingerprint density at radius 2 is 1.85 bits per heavy atom. The van der Waals surface area contributed by atoms with Crippen LogP contribution >= 0.6 is 0 Å². The minimum Gasteiger partial charge on any atom is -0.460 e. The van der Waals surface area contributed by atoms with E-state index >= 15 is 0 Å². The molecule has 1 N–H and O–H groups in total. The molecular formula is C25H28FN5O3. The van der Waals surface area contributed by atoms with E-state index in [2.05, 4.69) is 20.3 Å². The van der Waals surface area contributed by atoms with Crippen molar-refractivity contribution in [3.8, 4) is 17.2 Å². The minimum atomic E-state index is -0.607. The first kappa shape index (κ1) is 23.5. The van der Waals surface area contributed by atoms with Crippen molar-refractivity contribution in [3.63, 3.8) is 0 Å². The first-order valence-electron chi connectivity index (χ1n) is 11.4. The molecule has 3 heterocycles. The highest BCUT2D eigenvalue weighted by molar-refractivity contribution is 5.73. The summed E-state index contributed by atoms with van der Waals surface area (Å²) in [5.41, 5.74) is -0.389. The van der Waals surface area contributed by atoms with Gasteiger partial charge in [0.15, 0.2) is 5.82 Å². The van der Waals surface area contributed by atoms with E-state index in [0.717, 1.165) is 19.0 Å². The highest BCUT2D eigenvalue weighted by Gasteiger charge is 2.30. The van der Waals surface area contributed by atoms with Crippen LogP contribution in [-0.2, 0) is 9.53 Å². The van der Waals surface area contributed by atoms with Gasteiger partial charge in [0, 0.05) is 18.3 Å². The molecule has 1 aliphatic carbocycles. The summed E-state index contributed by atoms with van der Waals surface area (Å²) in [5, 5.41) is 3.26. The van der Waals surface area contributed by atoms with Crippen LogP contribution in [0.1, 0.15) is 46.5 Å². The van der Waals surface area contributed by atoms with Crippen molar-refractivity contribution in [3.05, 3.63) is 65.0 Å². The highest BCUT2D eigenvalue weighted by Crippen LogP contribution is 2.29. The van der Waals surface area contributed by atoms with Crippen LogP contribution in [0.2, 0.25) is 0 Å². The fraction of sp³-hybridized carbons (Fsp3) is 0.400. The molecule has 0 amide bonds. The molecule has 9 heteroatoms. The Balaban J connectivity index is 1.47. The van der Waals surface area contributed by atoms with Gasteiger partial charge in [-0.2, -0.15) is 0 Å². The van der Waals surface area contributed by atoms with Gasteiger partial charge in [0.1, 0.15) is 17.1 Å². The molecule has 0 atom stereocenters. The Morgan fingerprint density at radius 1 is 1.09 bits per heavy atom. The number of carbonyl (C=O) groups is 1. The van der Waals surface area contributed by atoms with E-state index in [1.165, 1.54) is 10.6 Å². The number of nitrogens with one attached hydrogen (secondary N) is 1. The molecular weight excluding hydrogens is 437 g/mol. The van der Waals surface area contributed by atoms with Gasteiger partial charge in [-0.05, 0) is 64.7 Å². The quantitative estimate of drug-likeness (QED) is 0.566. The third-order valence-electron chi connectivity index (χ3n) is 5.59. The van der Waals surface area contributed by atoms with E-state index < -0.39 is 11.4 Å². The van der Waals surface area contributed by atoms with Crippen molar-refractivity contribution in [2.45, 2.75) is 58.1 Å². The fourth-order valence-electron chi connectivity index (χ4n) is 3.96. The number of ether oxygens (including phenoxy) is 1. The summed E-state index contributed by atoms with van der Waals surface area (Å²) in [6.07, 6.45) is 5.63. The van der Waals surface area contributed by atoms with Crippen LogP contribution in [0.5, 0.6) is 0 Å². The van der Waals surface area contributed by atoms with Crippen LogP contribution in [0.25, 0.3) is 17.2 Å². The number of anilines is 1. The third kappa shape index (κ3) is 5.65. The van der Waals surface area contributed by atoms with Gasteiger partial charge in [0.25, 0.3) is 5.56 Å².